The molecular weight excluding hydrogens is 474 g/mol. The van der Waals surface area contributed by atoms with E-state index in [-0.39, 0.29) is 29.2 Å². The van der Waals surface area contributed by atoms with Crippen LogP contribution in [0.4, 0.5) is 11.5 Å². The maximum Gasteiger partial charge on any atom is 0.276 e. The van der Waals surface area contributed by atoms with Gasteiger partial charge in [-0.15, -0.1) is 11.3 Å². The van der Waals surface area contributed by atoms with E-state index in [0.29, 0.717) is 33.7 Å². The highest BCUT2D eigenvalue weighted by Crippen LogP contribution is 2.37. The van der Waals surface area contributed by atoms with Crippen molar-refractivity contribution in [2.24, 2.45) is 5.41 Å². The maximum absolute atomic E-state index is 13.4. The average molecular weight is 508 g/mol. The van der Waals surface area contributed by atoms with E-state index in [2.05, 4.69) is 25.9 Å². The molecule has 0 aliphatic heterocycles. The van der Waals surface area contributed by atoms with Crippen molar-refractivity contribution >= 4 is 51.5 Å². The number of carbonyl (C=O) groups excluding carboxylic acids is 3. The molecule has 2 aromatic heterocycles. The van der Waals surface area contributed by atoms with Gasteiger partial charge in [-0.25, -0.2) is 4.98 Å². The smallest absolute Gasteiger partial charge is 0.276 e. The Kier molecular flexibility index (Phi) is 7.09. The van der Waals surface area contributed by atoms with Crippen molar-refractivity contribution in [1.82, 2.24) is 15.3 Å². The van der Waals surface area contributed by atoms with Crippen molar-refractivity contribution in [3.8, 4) is 0 Å². The lowest BCUT2D eigenvalue weighted by Crippen LogP contribution is -2.36. The van der Waals surface area contributed by atoms with Crippen LogP contribution in [0.2, 0.25) is 0 Å². The topological polar surface area (TPSA) is 116 Å². The molecule has 8 nitrogen and oxygen atoms in total. The van der Waals surface area contributed by atoms with Gasteiger partial charge in [0.25, 0.3) is 11.8 Å². The number of nitrogens with zero attached hydrogens (tertiary/aromatic N) is 1. The fourth-order valence-electron chi connectivity index (χ4n) is 5.45. The van der Waals surface area contributed by atoms with Crippen LogP contribution in [0.1, 0.15) is 92.0 Å². The molecule has 2 aliphatic carbocycles. The number of hydrogen-bond donors (Lipinski definition) is 4. The zero-order chi connectivity index (χ0) is 25.1. The number of rotatable bonds is 6. The summed E-state index contributed by atoms with van der Waals surface area (Å²) in [6, 6.07) is 5.62. The van der Waals surface area contributed by atoms with E-state index >= 15 is 0 Å². The lowest BCUT2D eigenvalue weighted by molar-refractivity contribution is -0.126. The van der Waals surface area contributed by atoms with Crippen LogP contribution in [-0.2, 0) is 4.79 Å². The monoisotopic (exact) mass is 507 g/mol. The third kappa shape index (κ3) is 5.16. The van der Waals surface area contributed by atoms with E-state index < -0.39 is 0 Å². The molecule has 0 bridgehead atoms. The van der Waals surface area contributed by atoms with E-state index in [1.807, 2.05) is 25.1 Å². The molecule has 4 N–H and O–H groups in total. The lowest BCUT2D eigenvalue weighted by atomic mass is 9.75. The van der Waals surface area contributed by atoms with Crippen LogP contribution in [0, 0.1) is 5.41 Å². The molecule has 5 rings (SSSR count). The maximum atomic E-state index is 13.4. The SMILES string of the molecule is CC1(C(=O)Nc2ccc3c(C(=O)NC4CCCCC4)c(NC(=O)c4cscn4)[nH]c3c2)CCCCC1. The Balaban J connectivity index is 1.43. The van der Waals surface area contributed by atoms with E-state index in [1.165, 1.54) is 24.2 Å². The average Bonchev–Trinajstić information content (AvgIpc) is 3.53. The number of nitrogens with one attached hydrogen (secondary N) is 4. The first-order valence-corrected chi connectivity index (χ1v) is 13.8. The van der Waals surface area contributed by atoms with E-state index in [1.54, 1.807) is 10.9 Å². The minimum Gasteiger partial charge on any atom is -0.349 e. The van der Waals surface area contributed by atoms with E-state index in [0.717, 1.165) is 51.4 Å². The molecule has 3 aromatic rings. The van der Waals surface area contributed by atoms with Gasteiger partial charge in [0.1, 0.15) is 11.5 Å². The largest absolute Gasteiger partial charge is 0.349 e. The molecular formula is C27H33N5O3S. The second kappa shape index (κ2) is 10.4. The number of carbonyl (C=O) groups is 3. The molecule has 0 radical (unpaired) electrons. The summed E-state index contributed by atoms with van der Waals surface area (Å²) in [4.78, 5) is 46.5. The van der Waals surface area contributed by atoms with Crippen LogP contribution in [0.15, 0.2) is 29.1 Å². The third-order valence-corrected chi connectivity index (χ3v) is 8.22. The van der Waals surface area contributed by atoms with Crippen LogP contribution in [0.3, 0.4) is 0 Å². The summed E-state index contributed by atoms with van der Waals surface area (Å²) in [5, 5.41) is 11.4. The first-order chi connectivity index (χ1) is 17.4. The molecule has 0 spiro atoms. The number of anilines is 2. The fourth-order valence-corrected chi connectivity index (χ4v) is 5.98. The van der Waals surface area contributed by atoms with E-state index in [9.17, 15) is 14.4 Å². The quantitative estimate of drug-likeness (QED) is 0.335. The number of aromatic nitrogens is 2. The summed E-state index contributed by atoms with van der Waals surface area (Å²) in [5.74, 6) is -0.235. The van der Waals surface area contributed by atoms with Gasteiger partial charge in [0.15, 0.2) is 0 Å². The van der Waals surface area contributed by atoms with Crippen LogP contribution in [0.25, 0.3) is 10.9 Å². The number of aromatic amines is 1. The molecule has 2 saturated carbocycles. The van der Waals surface area contributed by atoms with Gasteiger partial charge < -0.3 is 20.9 Å². The van der Waals surface area contributed by atoms with Gasteiger partial charge in [-0.1, -0.05) is 45.4 Å². The van der Waals surface area contributed by atoms with Crippen molar-refractivity contribution in [2.45, 2.75) is 77.2 Å². The summed E-state index contributed by atoms with van der Waals surface area (Å²) in [6.07, 6.45) is 10.4. The molecule has 36 heavy (non-hydrogen) atoms. The number of hydrogen-bond acceptors (Lipinski definition) is 5. The Labute approximate surface area is 214 Å². The molecule has 0 saturated heterocycles. The van der Waals surface area contributed by atoms with Crippen molar-refractivity contribution in [3.63, 3.8) is 0 Å². The molecule has 9 heteroatoms. The van der Waals surface area contributed by atoms with Crippen LogP contribution < -0.4 is 16.0 Å². The summed E-state index contributed by atoms with van der Waals surface area (Å²) in [7, 11) is 0. The van der Waals surface area contributed by atoms with Gasteiger partial charge in [0.05, 0.1) is 11.1 Å². The molecule has 0 atom stereocenters. The third-order valence-electron chi connectivity index (χ3n) is 7.63. The lowest BCUT2D eigenvalue weighted by Gasteiger charge is -2.32. The highest BCUT2D eigenvalue weighted by Gasteiger charge is 2.34. The summed E-state index contributed by atoms with van der Waals surface area (Å²) >= 11 is 1.33. The number of benzene rings is 1. The molecule has 3 amide bonds. The number of H-pyrrole nitrogens is 1. The molecule has 2 heterocycles. The summed E-state index contributed by atoms with van der Waals surface area (Å²) in [6.45, 7) is 2.04. The zero-order valence-corrected chi connectivity index (χ0v) is 21.4. The van der Waals surface area contributed by atoms with Gasteiger partial charge in [-0.2, -0.15) is 0 Å². The van der Waals surface area contributed by atoms with E-state index in [4.69, 9.17) is 0 Å². The number of fused-ring (bicyclic) bond motifs is 1. The predicted molar refractivity (Wildman–Crippen MR) is 143 cm³/mol. The zero-order valence-electron chi connectivity index (χ0n) is 20.6. The molecule has 190 valence electrons. The predicted octanol–water partition coefficient (Wildman–Crippen LogP) is 5.85. The Morgan fingerprint density at radius 2 is 1.75 bits per heavy atom. The van der Waals surface area contributed by atoms with Crippen LogP contribution in [0.5, 0.6) is 0 Å². The molecule has 1 aromatic carbocycles. The van der Waals surface area contributed by atoms with Gasteiger partial charge >= 0.3 is 0 Å². The summed E-state index contributed by atoms with van der Waals surface area (Å²) < 4.78 is 0. The standard InChI is InChI=1S/C27H33N5O3S/c1-27(12-6-3-7-13-27)26(35)30-18-10-11-19-20(14-18)31-23(32-24(33)21-15-36-16-28-21)22(19)25(34)29-17-8-4-2-5-9-17/h10-11,14-17,31H,2-9,12-13H2,1H3,(H,29,34)(H,30,35)(H,32,33). The minimum absolute atomic E-state index is 0.0282. The Bertz CT molecular complexity index is 1250. The first-order valence-electron chi connectivity index (χ1n) is 12.9. The minimum atomic E-state index is -0.381. The van der Waals surface area contributed by atoms with Gasteiger partial charge in [-0.3, -0.25) is 14.4 Å². The molecule has 0 unspecified atom stereocenters. The highest BCUT2D eigenvalue weighted by atomic mass is 32.1. The Morgan fingerprint density at radius 1 is 1.00 bits per heavy atom. The van der Waals surface area contributed by atoms with Crippen molar-refractivity contribution in [1.29, 1.82) is 0 Å². The van der Waals surface area contributed by atoms with Crippen LogP contribution >= 0.6 is 11.3 Å². The second-order valence-corrected chi connectivity index (χ2v) is 11.1. The number of amides is 3. The molecule has 2 aliphatic rings. The van der Waals surface area contributed by atoms with Gasteiger partial charge in [0.2, 0.25) is 5.91 Å². The number of thiazole rings is 1. The summed E-state index contributed by atoms with van der Waals surface area (Å²) in [5.41, 5.74) is 3.27. The van der Waals surface area contributed by atoms with Crippen molar-refractivity contribution in [3.05, 3.63) is 40.3 Å². The molecule has 2 fully saturated rings. The second-order valence-electron chi connectivity index (χ2n) is 10.3. The first kappa shape index (κ1) is 24.5. The normalized spacial score (nSPS) is 18.0. The fraction of sp³-hybridized carbons (Fsp3) is 0.481. The van der Waals surface area contributed by atoms with Gasteiger partial charge in [0, 0.05) is 33.4 Å². The van der Waals surface area contributed by atoms with Gasteiger partial charge in [-0.05, 0) is 43.9 Å². The highest BCUT2D eigenvalue weighted by molar-refractivity contribution is 7.07. The Morgan fingerprint density at radius 3 is 2.47 bits per heavy atom. The van der Waals surface area contributed by atoms with Crippen molar-refractivity contribution < 1.29 is 14.4 Å². The van der Waals surface area contributed by atoms with Crippen molar-refractivity contribution in [2.75, 3.05) is 10.6 Å². The van der Waals surface area contributed by atoms with Crippen LogP contribution in [-0.4, -0.2) is 33.7 Å². The Hall–Kier alpha value is -3.20.